The highest BCUT2D eigenvalue weighted by atomic mass is 16.5. The number of nitrogens with zero attached hydrogens (tertiary/aromatic N) is 1. The van der Waals surface area contributed by atoms with Gasteiger partial charge >= 0.3 is 0 Å². The fourth-order valence-corrected chi connectivity index (χ4v) is 3.50. The van der Waals surface area contributed by atoms with Gasteiger partial charge in [-0.2, -0.15) is 0 Å². The van der Waals surface area contributed by atoms with E-state index < -0.39 is 0 Å². The number of benzene rings is 3. The van der Waals surface area contributed by atoms with Gasteiger partial charge in [0.25, 0.3) is 0 Å². The molecule has 0 aromatic heterocycles. The van der Waals surface area contributed by atoms with Crippen molar-refractivity contribution >= 4 is 5.91 Å². The van der Waals surface area contributed by atoms with E-state index in [-0.39, 0.29) is 5.91 Å². The smallest absolute Gasteiger partial charge is 0.224 e. The van der Waals surface area contributed by atoms with Crippen LogP contribution in [0.3, 0.4) is 0 Å². The zero-order chi connectivity index (χ0) is 21.3. The molecule has 31 heavy (non-hydrogen) atoms. The second-order valence-corrected chi connectivity index (χ2v) is 7.66. The second kappa shape index (κ2) is 10.8. The van der Waals surface area contributed by atoms with Crippen molar-refractivity contribution in [2.24, 2.45) is 0 Å². The molecule has 0 saturated carbocycles. The van der Waals surface area contributed by atoms with Gasteiger partial charge in [0.2, 0.25) is 5.91 Å². The van der Waals surface area contributed by atoms with Crippen LogP contribution in [0.2, 0.25) is 0 Å². The maximum absolute atomic E-state index is 12.1. The van der Waals surface area contributed by atoms with Crippen LogP contribution >= 0.6 is 0 Å². The minimum Gasteiger partial charge on any atom is -0.478 e. The zero-order valence-corrected chi connectivity index (χ0v) is 17.6. The largest absolute Gasteiger partial charge is 0.478 e. The first-order valence-corrected chi connectivity index (χ1v) is 10.7. The molecule has 1 N–H and O–H groups in total. The van der Waals surface area contributed by atoms with Crippen molar-refractivity contribution in [3.63, 3.8) is 0 Å². The predicted octanol–water partition coefficient (Wildman–Crippen LogP) is 3.88. The van der Waals surface area contributed by atoms with Crippen LogP contribution in [0.4, 0.5) is 0 Å². The predicted molar refractivity (Wildman–Crippen MR) is 122 cm³/mol. The summed E-state index contributed by atoms with van der Waals surface area (Å²) in [6.45, 7) is 4.49. The normalized spacial score (nSPS) is 14.2. The van der Waals surface area contributed by atoms with Gasteiger partial charge in [-0.05, 0) is 34.4 Å². The molecule has 0 aliphatic carbocycles. The highest BCUT2D eigenvalue weighted by Crippen LogP contribution is 2.23. The summed E-state index contributed by atoms with van der Waals surface area (Å²) in [6, 6.07) is 26.2. The number of amides is 1. The molecule has 1 heterocycles. The van der Waals surface area contributed by atoms with Crippen molar-refractivity contribution in [2.45, 2.75) is 13.0 Å². The summed E-state index contributed by atoms with van der Waals surface area (Å²) < 4.78 is 11.2. The lowest BCUT2D eigenvalue weighted by Gasteiger charge is -2.26. The first kappa shape index (κ1) is 21.1. The zero-order valence-electron chi connectivity index (χ0n) is 17.6. The number of hydrogen-bond donors (Lipinski definition) is 1. The molecule has 0 unspecified atom stereocenters. The Morgan fingerprint density at radius 2 is 1.48 bits per heavy atom. The first-order chi connectivity index (χ1) is 15.3. The number of nitrogens with one attached hydrogen (secondary N) is 1. The van der Waals surface area contributed by atoms with Crippen LogP contribution in [0.15, 0.2) is 78.9 Å². The number of hydrogen-bond acceptors (Lipinski definition) is 4. The van der Waals surface area contributed by atoms with E-state index in [1.807, 2.05) is 42.5 Å². The van der Waals surface area contributed by atoms with Gasteiger partial charge in [0.15, 0.2) is 0 Å². The highest BCUT2D eigenvalue weighted by molar-refractivity contribution is 5.78. The van der Waals surface area contributed by atoms with Crippen molar-refractivity contribution < 1.29 is 14.3 Å². The third-order valence-corrected chi connectivity index (χ3v) is 5.36. The summed E-state index contributed by atoms with van der Waals surface area (Å²) in [5.74, 6) is 0.899. The first-order valence-electron chi connectivity index (χ1n) is 10.7. The van der Waals surface area contributed by atoms with E-state index in [9.17, 15) is 4.79 Å². The van der Waals surface area contributed by atoms with Gasteiger partial charge in [-0.25, -0.2) is 0 Å². The number of morpholine rings is 1. The van der Waals surface area contributed by atoms with Gasteiger partial charge in [0.1, 0.15) is 12.5 Å². The Hall–Kier alpha value is -3.15. The van der Waals surface area contributed by atoms with E-state index in [0.717, 1.165) is 54.3 Å². The molecule has 5 heteroatoms. The molecule has 0 bridgehead atoms. The minimum atomic E-state index is 0.0305. The highest BCUT2D eigenvalue weighted by Gasteiger charge is 2.10. The Labute approximate surface area is 183 Å². The Balaban J connectivity index is 1.26. The molecular formula is C26H28N2O3. The SMILES string of the molecule is O=C(Cc1ccccc1)NCc1ccc(-c2ccc(OCN3CCOCC3)cc2)cc1. The molecule has 3 aromatic carbocycles. The van der Waals surface area contributed by atoms with E-state index in [2.05, 4.69) is 46.6 Å². The lowest BCUT2D eigenvalue weighted by atomic mass is 10.0. The summed E-state index contributed by atoms with van der Waals surface area (Å²) in [7, 11) is 0. The minimum absolute atomic E-state index is 0.0305. The lowest BCUT2D eigenvalue weighted by Crippen LogP contribution is -2.38. The third-order valence-electron chi connectivity index (χ3n) is 5.36. The molecule has 4 rings (SSSR count). The van der Waals surface area contributed by atoms with Crippen LogP contribution in [-0.4, -0.2) is 43.8 Å². The quantitative estimate of drug-likeness (QED) is 0.606. The average molecular weight is 417 g/mol. The van der Waals surface area contributed by atoms with E-state index in [4.69, 9.17) is 9.47 Å². The van der Waals surface area contributed by atoms with Crippen molar-refractivity contribution in [1.82, 2.24) is 10.2 Å². The van der Waals surface area contributed by atoms with Crippen molar-refractivity contribution in [2.75, 3.05) is 33.0 Å². The van der Waals surface area contributed by atoms with Crippen molar-refractivity contribution in [1.29, 1.82) is 0 Å². The summed E-state index contributed by atoms with van der Waals surface area (Å²) >= 11 is 0. The molecule has 1 amide bonds. The number of ether oxygens (including phenoxy) is 2. The molecular weight excluding hydrogens is 388 g/mol. The standard InChI is InChI=1S/C26H28N2O3/c29-26(18-21-4-2-1-3-5-21)27-19-22-6-8-23(9-7-22)24-10-12-25(13-11-24)31-20-28-14-16-30-17-15-28/h1-13H,14-20H2,(H,27,29). The van der Waals surface area contributed by atoms with Crippen LogP contribution in [-0.2, 0) is 22.5 Å². The monoisotopic (exact) mass is 416 g/mol. The number of carbonyl (C=O) groups excluding carboxylic acids is 1. The lowest BCUT2D eigenvalue weighted by molar-refractivity contribution is -0.120. The van der Waals surface area contributed by atoms with Gasteiger partial charge in [-0.3, -0.25) is 9.69 Å². The molecule has 1 fully saturated rings. The van der Waals surface area contributed by atoms with E-state index in [1.165, 1.54) is 0 Å². The molecule has 1 aliphatic heterocycles. The molecule has 160 valence electrons. The van der Waals surface area contributed by atoms with E-state index in [0.29, 0.717) is 19.7 Å². The van der Waals surface area contributed by atoms with Gasteiger partial charge in [-0.15, -0.1) is 0 Å². The fourth-order valence-electron chi connectivity index (χ4n) is 3.50. The molecule has 0 spiro atoms. The molecule has 5 nitrogen and oxygen atoms in total. The Morgan fingerprint density at radius 1 is 0.839 bits per heavy atom. The van der Waals surface area contributed by atoms with Gasteiger partial charge in [-0.1, -0.05) is 66.7 Å². The topological polar surface area (TPSA) is 50.8 Å². The summed E-state index contributed by atoms with van der Waals surface area (Å²) in [6.07, 6.45) is 0.402. The third kappa shape index (κ3) is 6.41. The summed E-state index contributed by atoms with van der Waals surface area (Å²) in [4.78, 5) is 14.4. The summed E-state index contributed by atoms with van der Waals surface area (Å²) in [5.41, 5.74) is 4.38. The number of carbonyl (C=O) groups is 1. The Kier molecular flexibility index (Phi) is 7.32. The molecule has 0 radical (unpaired) electrons. The average Bonchev–Trinajstić information content (AvgIpc) is 2.83. The maximum atomic E-state index is 12.1. The van der Waals surface area contributed by atoms with Gasteiger partial charge < -0.3 is 14.8 Å². The van der Waals surface area contributed by atoms with E-state index >= 15 is 0 Å². The van der Waals surface area contributed by atoms with Gasteiger partial charge in [0.05, 0.1) is 19.6 Å². The van der Waals surface area contributed by atoms with E-state index in [1.54, 1.807) is 0 Å². The van der Waals surface area contributed by atoms with Crippen LogP contribution in [0, 0.1) is 0 Å². The molecule has 1 saturated heterocycles. The molecule has 1 aliphatic rings. The van der Waals surface area contributed by atoms with Crippen LogP contribution in [0.5, 0.6) is 5.75 Å². The maximum Gasteiger partial charge on any atom is 0.224 e. The molecule has 0 atom stereocenters. The van der Waals surface area contributed by atoms with Crippen molar-refractivity contribution in [3.05, 3.63) is 90.0 Å². The van der Waals surface area contributed by atoms with Crippen LogP contribution < -0.4 is 10.1 Å². The fraction of sp³-hybridized carbons (Fsp3) is 0.269. The Bertz CT molecular complexity index is 950. The van der Waals surface area contributed by atoms with Crippen LogP contribution in [0.1, 0.15) is 11.1 Å². The Morgan fingerprint density at radius 3 is 2.16 bits per heavy atom. The van der Waals surface area contributed by atoms with Crippen molar-refractivity contribution in [3.8, 4) is 16.9 Å². The second-order valence-electron chi connectivity index (χ2n) is 7.66. The number of rotatable bonds is 8. The van der Waals surface area contributed by atoms with Crippen LogP contribution in [0.25, 0.3) is 11.1 Å². The molecule has 3 aromatic rings. The van der Waals surface area contributed by atoms with Gasteiger partial charge in [0, 0.05) is 19.6 Å². The summed E-state index contributed by atoms with van der Waals surface area (Å²) in [5, 5.41) is 2.99.